The molecule has 0 aromatic heterocycles. The second-order valence-electron chi connectivity index (χ2n) is 5.26. The minimum atomic E-state index is -0.407. The summed E-state index contributed by atoms with van der Waals surface area (Å²) in [4.78, 5) is 11.8. The van der Waals surface area contributed by atoms with Gasteiger partial charge >= 0.3 is 0 Å². The van der Waals surface area contributed by atoms with E-state index in [1.54, 1.807) is 0 Å². The van der Waals surface area contributed by atoms with Gasteiger partial charge in [0, 0.05) is 23.3 Å². The molecule has 3 N–H and O–H groups in total. The Morgan fingerprint density at radius 1 is 1.50 bits per heavy atom. The normalized spacial score (nSPS) is 25.8. The minimum Gasteiger partial charge on any atom is -0.352 e. The first-order valence-corrected chi connectivity index (χ1v) is 7.17. The smallest absolute Gasteiger partial charge is 0.222 e. The summed E-state index contributed by atoms with van der Waals surface area (Å²) >= 11 is 1.96. The molecule has 3 nitrogen and oxygen atoms in total. The largest absolute Gasteiger partial charge is 0.352 e. The maximum absolute atomic E-state index is 11.8. The molecule has 0 heterocycles. The maximum atomic E-state index is 11.8. The number of nitrogens with two attached hydrogens (primary N) is 1. The minimum absolute atomic E-state index is 0.0982. The average Bonchev–Trinajstić information content (AvgIpc) is 2.50. The van der Waals surface area contributed by atoms with Crippen LogP contribution in [0.4, 0.5) is 0 Å². The molecule has 0 bridgehead atoms. The van der Waals surface area contributed by atoms with Crippen molar-refractivity contribution in [2.75, 3.05) is 5.75 Å². The molecule has 16 heavy (non-hydrogen) atoms. The Morgan fingerprint density at radius 2 is 2.19 bits per heavy atom. The fourth-order valence-corrected chi connectivity index (χ4v) is 3.37. The Hall–Kier alpha value is -0.220. The van der Waals surface area contributed by atoms with Gasteiger partial charge in [-0.15, -0.1) is 0 Å². The number of nitrogens with one attached hydrogen (secondary N) is 1. The number of hydrogen-bond acceptors (Lipinski definition) is 3. The molecule has 1 fully saturated rings. The summed E-state index contributed by atoms with van der Waals surface area (Å²) in [6.07, 6.45) is 3.99. The van der Waals surface area contributed by atoms with Crippen LogP contribution in [-0.4, -0.2) is 28.5 Å². The molecule has 94 valence electrons. The van der Waals surface area contributed by atoms with Crippen LogP contribution in [0.15, 0.2) is 0 Å². The maximum Gasteiger partial charge on any atom is 0.222 e. The van der Waals surface area contributed by atoms with Crippen molar-refractivity contribution in [2.24, 2.45) is 5.73 Å². The summed E-state index contributed by atoms with van der Waals surface area (Å²) in [5, 5.41) is 3.74. The summed E-state index contributed by atoms with van der Waals surface area (Å²) in [6.45, 7) is 5.95. The van der Waals surface area contributed by atoms with E-state index in [1.807, 2.05) is 25.6 Å². The van der Waals surface area contributed by atoms with Crippen LogP contribution in [0.1, 0.15) is 46.5 Å². The van der Waals surface area contributed by atoms with E-state index in [1.165, 1.54) is 12.8 Å². The molecule has 1 amide bonds. The number of thioether (sulfide) groups is 1. The lowest BCUT2D eigenvalue weighted by atomic mass is 10.0. The third kappa shape index (κ3) is 4.74. The molecule has 2 atom stereocenters. The van der Waals surface area contributed by atoms with Crippen LogP contribution < -0.4 is 11.1 Å². The first kappa shape index (κ1) is 13.8. The Balaban J connectivity index is 2.38. The van der Waals surface area contributed by atoms with Crippen molar-refractivity contribution in [3.63, 3.8) is 0 Å². The number of amides is 1. The van der Waals surface area contributed by atoms with Crippen molar-refractivity contribution >= 4 is 17.7 Å². The predicted octanol–water partition coefficient (Wildman–Crippen LogP) is 1.90. The van der Waals surface area contributed by atoms with Crippen LogP contribution >= 0.6 is 11.8 Å². The van der Waals surface area contributed by atoms with Crippen molar-refractivity contribution in [3.8, 4) is 0 Å². The van der Waals surface area contributed by atoms with Gasteiger partial charge < -0.3 is 11.1 Å². The Bertz CT molecular complexity index is 238. The first-order chi connectivity index (χ1) is 7.42. The van der Waals surface area contributed by atoms with E-state index >= 15 is 0 Å². The van der Waals surface area contributed by atoms with Gasteiger partial charge in [-0.3, -0.25) is 4.79 Å². The molecular weight excluding hydrogens is 220 g/mol. The second-order valence-corrected chi connectivity index (χ2v) is 6.78. The standard InChI is InChI=1S/C12H24N2OS/c1-4-16-10-7-5-6-9(10)14-11(15)8-12(2,3)13/h9-10H,4-8,13H2,1-3H3,(H,14,15). The van der Waals surface area contributed by atoms with Crippen molar-refractivity contribution < 1.29 is 4.79 Å². The van der Waals surface area contributed by atoms with Gasteiger partial charge in [-0.2, -0.15) is 11.8 Å². The highest BCUT2D eigenvalue weighted by Gasteiger charge is 2.29. The van der Waals surface area contributed by atoms with Crippen LogP contribution in [0.3, 0.4) is 0 Å². The van der Waals surface area contributed by atoms with Crippen LogP contribution in [0.25, 0.3) is 0 Å². The van der Waals surface area contributed by atoms with Gasteiger partial charge in [0.15, 0.2) is 0 Å². The lowest BCUT2D eigenvalue weighted by molar-refractivity contribution is -0.122. The van der Waals surface area contributed by atoms with E-state index in [-0.39, 0.29) is 5.91 Å². The molecule has 0 spiro atoms. The van der Waals surface area contributed by atoms with Gasteiger partial charge in [-0.05, 0) is 32.4 Å². The van der Waals surface area contributed by atoms with Gasteiger partial charge in [-0.25, -0.2) is 0 Å². The van der Waals surface area contributed by atoms with Crippen molar-refractivity contribution in [3.05, 3.63) is 0 Å². The van der Waals surface area contributed by atoms with E-state index in [2.05, 4.69) is 12.2 Å². The van der Waals surface area contributed by atoms with E-state index in [0.29, 0.717) is 17.7 Å². The summed E-state index contributed by atoms with van der Waals surface area (Å²) in [5.41, 5.74) is 5.43. The van der Waals surface area contributed by atoms with Crippen LogP contribution in [0.5, 0.6) is 0 Å². The molecule has 1 rings (SSSR count). The summed E-state index contributed by atoms with van der Waals surface area (Å²) in [6, 6.07) is 0.361. The van der Waals surface area contributed by atoms with Crippen LogP contribution in [0, 0.1) is 0 Å². The summed E-state index contributed by atoms with van der Waals surface area (Å²) in [7, 11) is 0. The van der Waals surface area contributed by atoms with E-state index in [4.69, 9.17) is 5.73 Å². The van der Waals surface area contributed by atoms with Gasteiger partial charge in [0.25, 0.3) is 0 Å². The van der Waals surface area contributed by atoms with Crippen LogP contribution in [0.2, 0.25) is 0 Å². The number of carbonyl (C=O) groups is 1. The third-order valence-electron chi connectivity index (χ3n) is 2.80. The molecule has 0 saturated heterocycles. The van der Waals surface area contributed by atoms with E-state index in [0.717, 1.165) is 12.2 Å². The topological polar surface area (TPSA) is 55.1 Å². The van der Waals surface area contributed by atoms with Crippen molar-refractivity contribution in [2.45, 2.75) is 63.3 Å². The summed E-state index contributed by atoms with van der Waals surface area (Å²) < 4.78 is 0. The van der Waals surface area contributed by atoms with E-state index < -0.39 is 5.54 Å². The van der Waals surface area contributed by atoms with Crippen LogP contribution in [-0.2, 0) is 4.79 Å². The molecule has 0 aromatic carbocycles. The zero-order valence-electron chi connectivity index (χ0n) is 10.6. The third-order valence-corrected chi connectivity index (χ3v) is 4.12. The quantitative estimate of drug-likeness (QED) is 0.776. The van der Waals surface area contributed by atoms with Crippen molar-refractivity contribution in [1.82, 2.24) is 5.32 Å². The molecule has 0 aromatic rings. The zero-order chi connectivity index (χ0) is 12.2. The fourth-order valence-electron chi connectivity index (χ4n) is 2.18. The SMILES string of the molecule is CCSC1CCCC1NC(=O)CC(C)(C)N. The molecule has 1 aliphatic carbocycles. The highest BCUT2D eigenvalue weighted by atomic mass is 32.2. The molecule has 1 saturated carbocycles. The highest BCUT2D eigenvalue weighted by Crippen LogP contribution is 2.29. The fraction of sp³-hybridized carbons (Fsp3) is 0.917. The average molecular weight is 244 g/mol. The van der Waals surface area contributed by atoms with E-state index in [9.17, 15) is 4.79 Å². The van der Waals surface area contributed by atoms with Crippen molar-refractivity contribution in [1.29, 1.82) is 0 Å². The first-order valence-electron chi connectivity index (χ1n) is 6.12. The predicted molar refractivity (Wildman–Crippen MR) is 70.6 cm³/mol. The Labute approximate surface area is 103 Å². The van der Waals surface area contributed by atoms with Gasteiger partial charge in [-0.1, -0.05) is 13.3 Å². The second kappa shape index (κ2) is 5.92. The molecule has 4 heteroatoms. The Kier molecular flexibility index (Phi) is 5.12. The number of rotatable bonds is 5. The summed E-state index contributed by atoms with van der Waals surface area (Å²) in [5.74, 6) is 1.22. The Morgan fingerprint density at radius 3 is 2.75 bits per heavy atom. The molecule has 0 aliphatic heterocycles. The van der Waals surface area contributed by atoms with Gasteiger partial charge in [0.2, 0.25) is 5.91 Å². The zero-order valence-corrected chi connectivity index (χ0v) is 11.4. The lowest BCUT2D eigenvalue weighted by Gasteiger charge is -2.23. The molecule has 2 unspecified atom stereocenters. The molecule has 1 aliphatic rings. The van der Waals surface area contributed by atoms with Gasteiger partial charge in [0.05, 0.1) is 0 Å². The van der Waals surface area contributed by atoms with Gasteiger partial charge in [0.1, 0.15) is 0 Å². The molecular formula is C12H24N2OS. The molecule has 0 radical (unpaired) electrons. The lowest BCUT2D eigenvalue weighted by Crippen LogP contribution is -2.44. The highest BCUT2D eigenvalue weighted by molar-refractivity contribution is 7.99. The monoisotopic (exact) mass is 244 g/mol. The number of carbonyl (C=O) groups excluding carboxylic acids is 1. The number of hydrogen-bond donors (Lipinski definition) is 2.